The van der Waals surface area contributed by atoms with Crippen molar-refractivity contribution in [2.75, 3.05) is 0 Å². The van der Waals surface area contributed by atoms with Crippen LogP contribution in [-0.4, -0.2) is 27.7 Å². The van der Waals surface area contributed by atoms with Crippen molar-refractivity contribution in [3.63, 3.8) is 0 Å². The highest BCUT2D eigenvalue weighted by atomic mass is 19.3. The molecule has 0 bridgehead atoms. The van der Waals surface area contributed by atoms with Crippen LogP contribution in [0.1, 0.15) is 33.1 Å². The smallest absolute Gasteiger partial charge is 0.335 e. The van der Waals surface area contributed by atoms with E-state index in [9.17, 15) is 13.6 Å². The fourth-order valence-electron chi connectivity index (χ4n) is 0.710. The van der Waals surface area contributed by atoms with Crippen molar-refractivity contribution in [3.8, 4) is 0 Å². The predicted molar refractivity (Wildman–Crippen MR) is 42.7 cm³/mol. The first-order valence-corrected chi connectivity index (χ1v) is 4.05. The fourth-order valence-corrected chi connectivity index (χ4v) is 0.710. The molecule has 0 aromatic heterocycles. The average molecular weight is 196 g/mol. The van der Waals surface area contributed by atoms with Crippen molar-refractivity contribution in [1.29, 1.82) is 0 Å². The molecule has 1 unspecified atom stereocenters. The normalized spacial score (nSPS) is 16.7. The summed E-state index contributed by atoms with van der Waals surface area (Å²) in [6.45, 7) is 2.33. The maximum atomic E-state index is 12.6. The average Bonchev–Trinajstić information content (AvgIpc) is 2.01. The van der Waals surface area contributed by atoms with Gasteiger partial charge in [-0.05, 0) is 13.3 Å². The number of alkyl halides is 2. The molecule has 0 aliphatic rings. The molecule has 1 atom stereocenters. The number of hydrogen-bond acceptors (Lipinski definition) is 2. The lowest BCUT2D eigenvalue weighted by Crippen LogP contribution is -2.36. The summed E-state index contributed by atoms with van der Waals surface area (Å²) in [5.41, 5.74) is -2.06. The van der Waals surface area contributed by atoms with Gasteiger partial charge in [0.25, 0.3) is 0 Å². The molecule has 0 radical (unpaired) electrons. The molecule has 3 nitrogen and oxygen atoms in total. The molecule has 0 aliphatic heterocycles. The number of hydrogen-bond donors (Lipinski definition) is 2. The van der Waals surface area contributed by atoms with Crippen LogP contribution in [0.25, 0.3) is 0 Å². The molecular formula is C8H14F2O3. The summed E-state index contributed by atoms with van der Waals surface area (Å²) in [4.78, 5) is 10.3. The number of halogens is 2. The van der Waals surface area contributed by atoms with E-state index in [2.05, 4.69) is 0 Å². The van der Waals surface area contributed by atoms with Crippen LogP contribution >= 0.6 is 0 Å². The van der Waals surface area contributed by atoms with E-state index in [1.54, 1.807) is 0 Å². The second kappa shape index (κ2) is 4.00. The van der Waals surface area contributed by atoms with Gasteiger partial charge in [-0.15, -0.1) is 0 Å². The van der Waals surface area contributed by atoms with Gasteiger partial charge in [-0.3, -0.25) is 0 Å². The van der Waals surface area contributed by atoms with Gasteiger partial charge in [-0.2, -0.15) is 0 Å². The summed E-state index contributed by atoms with van der Waals surface area (Å²) in [7, 11) is 0. The zero-order chi connectivity index (χ0) is 10.7. The van der Waals surface area contributed by atoms with Crippen LogP contribution < -0.4 is 0 Å². The second-order valence-corrected chi connectivity index (χ2v) is 3.29. The molecule has 13 heavy (non-hydrogen) atoms. The van der Waals surface area contributed by atoms with Crippen molar-refractivity contribution >= 4 is 5.97 Å². The van der Waals surface area contributed by atoms with E-state index in [-0.39, 0.29) is 6.42 Å². The van der Waals surface area contributed by atoms with Crippen LogP contribution in [0.2, 0.25) is 0 Å². The van der Waals surface area contributed by atoms with Gasteiger partial charge in [-0.25, -0.2) is 13.6 Å². The lowest BCUT2D eigenvalue weighted by molar-refractivity contribution is -0.159. The zero-order valence-electron chi connectivity index (χ0n) is 7.68. The lowest BCUT2D eigenvalue weighted by atomic mass is 9.97. The molecule has 0 rings (SSSR count). The molecule has 0 heterocycles. The Labute approximate surface area is 75.4 Å². The highest BCUT2D eigenvalue weighted by molar-refractivity contribution is 5.76. The Morgan fingerprint density at radius 2 is 1.85 bits per heavy atom. The molecular weight excluding hydrogens is 182 g/mol. The van der Waals surface area contributed by atoms with E-state index in [1.165, 1.54) is 6.92 Å². The molecule has 0 aromatic rings. The maximum absolute atomic E-state index is 12.6. The molecule has 0 saturated heterocycles. The molecule has 78 valence electrons. The Morgan fingerprint density at radius 1 is 1.38 bits per heavy atom. The number of carboxylic acid groups (broad SMARTS) is 1. The quantitative estimate of drug-likeness (QED) is 0.702. The van der Waals surface area contributed by atoms with Gasteiger partial charge in [0.1, 0.15) is 0 Å². The van der Waals surface area contributed by atoms with Crippen molar-refractivity contribution in [3.05, 3.63) is 0 Å². The highest BCUT2D eigenvalue weighted by Crippen LogP contribution is 2.27. The van der Waals surface area contributed by atoms with Gasteiger partial charge in [-0.1, -0.05) is 6.92 Å². The minimum absolute atomic E-state index is 0.345. The molecule has 0 aromatic carbocycles. The van der Waals surface area contributed by atoms with E-state index in [0.717, 1.165) is 6.92 Å². The largest absolute Gasteiger partial charge is 0.479 e. The minimum atomic E-state index is -2.89. The van der Waals surface area contributed by atoms with Crippen molar-refractivity contribution in [2.24, 2.45) is 0 Å². The first kappa shape index (κ1) is 12.3. The Bertz CT molecular complexity index is 190. The van der Waals surface area contributed by atoms with Gasteiger partial charge in [0.2, 0.25) is 5.92 Å². The Hall–Kier alpha value is -0.710. The number of rotatable bonds is 5. The Balaban J connectivity index is 4.09. The van der Waals surface area contributed by atoms with Gasteiger partial charge in [0, 0.05) is 12.8 Å². The van der Waals surface area contributed by atoms with Crippen LogP contribution in [0, 0.1) is 0 Å². The van der Waals surface area contributed by atoms with E-state index in [4.69, 9.17) is 10.2 Å². The standard InChI is InChI=1S/C8H14F2O3/c1-3-8(9,10)5-4-7(2,13)6(11)12/h13H,3-5H2,1-2H3,(H,11,12). The highest BCUT2D eigenvalue weighted by Gasteiger charge is 2.35. The van der Waals surface area contributed by atoms with Crippen LogP contribution in [0.4, 0.5) is 8.78 Å². The summed E-state index contributed by atoms with van der Waals surface area (Å²) in [5.74, 6) is -4.36. The number of carboxylic acids is 1. The van der Waals surface area contributed by atoms with E-state index in [1.807, 2.05) is 0 Å². The van der Waals surface area contributed by atoms with Crippen molar-refractivity contribution in [1.82, 2.24) is 0 Å². The van der Waals surface area contributed by atoms with E-state index >= 15 is 0 Å². The summed E-state index contributed by atoms with van der Waals surface area (Å²) >= 11 is 0. The third-order valence-corrected chi connectivity index (χ3v) is 1.96. The summed E-state index contributed by atoms with van der Waals surface area (Å²) in [6.07, 6.45) is -1.39. The molecule has 5 heteroatoms. The summed E-state index contributed by atoms with van der Waals surface area (Å²) in [6, 6.07) is 0. The SMILES string of the molecule is CCC(F)(F)CCC(C)(O)C(=O)O. The Kier molecular flexibility index (Phi) is 3.78. The molecule has 0 spiro atoms. The third-order valence-electron chi connectivity index (χ3n) is 1.96. The summed E-state index contributed by atoms with van der Waals surface area (Å²) in [5, 5.41) is 17.5. The number of carbonyl (C=O) groups is 1. The van der Waals surface area contributed by atoms with Gasteiger partial charge < -0.3 is 10.2 Å². The fraction of sp³-hybridized carbons (Fsp3) is 0.875. The van der Waals surface area contributed by atoms with E-state index < -0.39 is 30.3 Å². The van der Waals surface area contributed by atoms with E-state index in [0.29, 0.717) is 0 Å². The van der Waals surface area contributed by atoms with Crippen molar-refractivity contribution in [2.45, 2.75) is 44.6 Å². The Morgan fingerprint density at radius 3 is 2.15 bits per heavy atom. The van der Waals surface area contributed by atoms with Gasteiger partial charge >= 0.3 is 5.97 Å². The topological polar surface area (TPSA) is 57.5 Å². The van der Waals surface area contributed by atoms with Gasteiger partial charge in [0.05, 0.1) is 0 Å². The first-order chi connectivity index (χ1) is 5.71. The monoisotopic (exact) mass is 196 g/mol. The second-order valence-electron chi connectivity index (χ2n) is 3.29. The summed E-state index contributed by atoms with van der Waals surface area (Å²) < 4.78 is 25.3. The van der Waals surface area contributed by atoms with Crippen LogP contribution in [0.15, 0.2) is 0 Å². The zero-order valence-corrected chi connectivity index (χ0v) is 7.68. The predicted octanol–water partition coefficient (Wildman–Crippen LogP) is 1.65. The molecule has 0 aliphatic carbocycles. The van der Waals surface area contributed by atoms with Gasteiger partial charge in [0.15, 0.2) is 5.60 Å². The van der Waals surface area contributed by atoms with Crippen LogP contribution in [0.3, 0.4) is 0 Å². The third kappa shape index (κ3) is 4.17. The van der Waals surface area contributed by atoms with Crippen LogP contribution in [0.5, 0.6) is 0 Å². The molecule has 0 amide bonds. The number of aliphatic carboxylic acids is 1. The maximum Gasteiger partial charge on any atom is 0.335 e. The molecule has 0 fully saturated rings. The lowest BCUT2D eigenvalue weighted by Gasteiger charge is -2.21. The first-order valence-electron chi connectivity index (χ1n) is 4.05. The van der Waals surface area contributed by atoms with Crippen LogP contribution in [-0.2, 0) is 4.79 Å². The molecule has 0 saturated carbocycles. The molecule has 2 N–H and O–H groups in total. The number of aliphatic hydroxyl groups is 1. The minimum Gasteiger partial charge on any atom is -0.479 e. The van der Waals surface area contributed by atoms with Crippen molar-refractivity contribution < 1.29 is 23.8 Å².